The Hall–Kier alpha value is -0.380. The minimum atomic E-state index is 0.601. The van der Waals surface area contributed by atoms with Gasteiger partial charge in [0.25, 0.3) is 0 Å². The predicted octanol–water partition coefficient (Wildman–Crippen LogP) is 16.4. The SMILES string of the molecule is CCCCCCC(CCCC)COc1c2sc3cc(Br)sc3c2c(OCC(CCCC)CCCCCC)c2sc3cc(Br)sc3c12. The van der Waals surface area contributed by atoms with Gasteiger partial charge in [-0.05, 0) is 81.5 Å². The number of fused-ring (bicyclic) bond motifs is 6. The highest BCUT2D eigenvalue weighted by molar-refractivity contribution is 9.11. The largest absolute Gasteiger partial charge is 0.491 e. The van der Waals surface area contributed by atoms with Crippen LogP contribution in [0.2, 0.25) is 0 Å². The van der Waals surface area contributed by atoms with Crippen molar-refractivity contribution in [1.82, 2.24) is 0 Å². The van der Waals surface area contributed by atoms with Gasteiger partial charge < -0.3 is 9.47 Å². The molecule has 0 radical (unpaired) electrons. The quantitative estimate of drug-likeness (QED) is 0.0647. The Balaban J connectivity index is 1.56. The highest BCUT2D eigenvalue weighted by Crippen LogP contribution is 2.57. The van der Waals surface area contributed by atoms with Crippen LogP contribution >= 0.6 is 77.2 Å². The Morgan fingerprint density at radius 2 is 0.891 bits per heavy atom. The summed E-state index contributed by atoms with van der Waals surface area (Å²) < 4.78 is 24.5. The molecule has 46 heavy (non-hydrogen) atoms. The number of thiophene rings is 4. The number of halogens is 2. The van der Waals surface area contributed by atoms with Gasteiger partial charge in [0.1, 0.15) is 11.5 Å². The van der Waals surface area contributed by atoms with Gasteiger partial charge in [-0.15, -0.1) is 45.3 Å². The maximum Gasteiger partial charge on any atom is 0.147 e. The molecule has 4 heterocycles. The van der Waals surface area contributed by atoms with E-state index < -0.39 is 0 Å². The van der Waals surface area contributed by atoms with Crippen LogP contribution in [0.15, 0.2) is 19.7 Å². The van der Waals surface area contributed by atoms with Crippen LogP contribution < -0.4 is 9.47 Å². The minimum absolute atomic E-state index is 0.601. The van der Waals surface area contributed by atoms with E-state index in [9.17, 15) is 0 Å². The highest BCUT2D eigenvalue weighted by Gasteiger charge is 2.27. The molecule has 4 aromatic heterocycles. The summed E-state index contributed by atoms with van der Waals surface area (Å²) in [4.78, 5) is 0. The molecule has 0 bridgehead atoms. The summed E-state index contributed by atoms with van der Waals surface area (Å²) in [5.41, 5.74) is 0. The molecule has 0 amide bonds. The van der Waals surface area contributed by atoms with Gasteiger partial charge >= 0.3 is 0 Å². The number of ether oxygens (including phenoxy) is 2. The summed E-state index contributed by atoms with van der Waals surface area (Å²) in [5, 5.41) is 2.55. The maximum absolute atomic E-state index is 7.11. The average Bonchev–Trinajstić information content (AvgIpc) is 3.78. The van der Waals surface area contributed by atoms with Crippen molar-refractivity contribution in [3.63, 3.8) is 0 Å². The zero-order chi connectivity index (χ0) is 32.5. The molecule has 0 aliphatic rings. The molecule has 0 aliphatic heterocycles. The van der Waals surface area contributed by atoms with Crippen molar-refractivity contribution >= 4 is 116 Å². The molecular weight excluding hydrogens is 776 g/mol. The molecule has 2 unspecified atom stereocenters. The lowest BCUT2D eigenvalue weighted by molar-refractivity contribution is 0.227. The summed E-state index contributed by atoms with van der Waals surface area (Å²) in [5.74, 6) is 3.40. The lowest BCUT2D eigenvalue weighted by Gasteiger charge is -2.21. The van der Waals surface area contributed by atoms with Crippen LogP contribution in [0.4, 0.5) is 0 Å². The first-order chi connectivity index (χ1) is 22.5. The molecule has 1 aromatic carbocycles. The van der Waals surface area contributed by atoms with E-state index in [0.717, 1.165) is 24.7 Å². The third-order valence-electron chi connectivity index (χ3n) is 9.33. The van der Waals surface area contributed by atoms with Crippen molar-refractivity contribution < 1.29 is 9.47 Å². The standard InChI is InChI=1S/C38H52Br2O2S4/c1-5-9-13-15-19-25(17-11-7-3)23-41-33-31-35-27(21-29(39)45-35)44-38(31)34(32-36-28(43-37(32)33)22-30(40)46-36)42-24-26(18-12-8-4)20-16-14-10-6-2/h21-22,25-26H,5-20,23-24H2,1-4H3. The highest BCUT2D eigenvalue weighted by atomic mass is 79.9. The molecule has 0 fully saturated rings. The van der Waals surface area contributed by atoms with Crippen LogP contribution in [0.25, 0.3) is 39.0 Å². The van der Waals surface area contributed by atoms with E-state index in [1.165, 1.54) is 149 Å². The van der Waals surface area contributed by atoms with Crippen molar-refractivity contribution in [2.75, 3.05) is 13.2 Å². The van der Waals surface area contributed by atoms with Crippen molar-refractivity contribution in [2.24, 2.45) is 11.8 Å². The van der Waals surface area contributed by atoms with E-state index in [-0.39, 0.29) is 0 Å². The van der Waals surface area contributed by atoms with Gasteiger partial charge in [0.2, 0.25) is 0 Å². The summed E-state index contributed by atoms with van der Waals surface area (Å²) in [7, 11) is 0. The Labute approximate surface area is 309 Å². The normalized spacial score (nSPS) is 13.5. The number of rotatable bonds is 22. The van der Waals surface area contributed by atoms with Gasteiger partial charge in [-0.25, -0.2) is 0 Å². The van der Waals surface area contributed by atoms with Gasteiger partial charge in [0.15, 0.2) is 0 Å². The molecule has 0 saturated carbocycles. The molecule has 0 aliphatic carbocycles. The second kappa shape index (κ2) is 18.6. The second-order valence-electron chi connectivity index (χ2n) is 13.1. The van der Waals surface area contributed by atoms with Crippen LogP contribution in [-0.2, 0) is 0 Å². The van der Waals surface area contributed by atoms with E-state index in [2.05, 4.69) is 71.7 Å². The first kappa shape index (κ1) is 36.9. The molecule has 0 N–H and O–H groups in total. The fraction of sp³-hybridized carbons (Fsp3) is 0.632. The molecular formula is C38H52Br2O2S4. The molecule has 8 heteroatoms. The molecule has 0 spiro atoms. The van der Waals surface area contributed by atoms with Crippen molar-refractivity contribution in [3.8, 4) is 11.5 Å². The van der Waals surface area contributed by atoms with Gasteiger partial charge in [0.05, 0.1) is 50.4 Å². The van der Waals surface area contributed by atoms with Crippen LogP contribution in [0, 0.1) is 11.8 Å². The van der Waals surface area contributed by atoms with Crippen LogP contribution in [0.5, 0.6) is 11.5 Å². The third-order valence-corrected chi connectivity index (χ3v) is 15.2. The molecule has 5 aromatic rings. The lowest BCUT2D eigenvalue weighted by Crippen LogP contribution is -2.14. The van der Waals surface area contributed by atoms with Crippen molar-refractivity contribution in [3.05, 3.63) is 19.7 Å². The lowest BCUT2D eigenvalue weighted by atomic mass is 9.96. The van der Waals surface area contributed by atoms with Gasteiger partial charge in [-0.2, -0.15) is 0 Å². The number of benzene rings is 1. The predicted molar refractivity (Wildman–Crippen MR) is 218 cm³/mol. The zero-order valence-corrected chi connectivity index (χ0v) is 34.7. The molecule has 254 valence electrons. The minimum Gasteiger partial charge on any atom is -0.491 e. The van der Waals surface area contributed by atoms with Gasteiger partial charge in [0, 0.05) is 9.40 Å². The molecule has 0 saturated heterocycles. The summed E-state index contributed by atoms with van der Waals surface area (Å²) in [6, 6.07) is 4.58. The molecule has 5 rings (SSSR count). The summed E-state index contributed by atoms with van der Waals surface area (Å²) >= 11 is 15.1. The van der Waals surface area contributed by atoms with E-state index in [1.54, 1.807) is 0 Å². The first-order valence-corrected chi connectivity index (χ1v) is 22.8. The van der Waals surface area contributed by atoms with Crippen molar-refractivity contribution in [2.45, 2.75) is 130 Å². The van der Waals surface area contributed by atoms with Crippen LogP contribution in [0.3, 0.4) is 0 Å². The second-order valence-corrected chi connectivity index (χ2v) is 20.1. The summed E-state index contributed by atoms with van der Waals surface area (Å²) in [6.45, 7) is 10.8. The monoisotopic (exact) mass is 826 g/mol. The Kier molecular flexibility index (Phi) is 14.9. The number of hydrogen-bond donors (Lipinski definition) is 0. The van der Waals surface area contributed by atoms with Gasteiger partial charge in [-0.3, -0.25) is 0 Å². The maximum atomic E-state index is 7.11. The van der Waals surface area contributed by atoms with E-state index in [0.29, 0.717) is 11.8 Å². The van der Waals surface area contributed by atoms with Crippen LogP contribution in [0.1, 0.15) is 130 Å². The van der Waals surface area contributed by atoms with Crippen LogP contribution in [-0.4, -0.2) is 13.2 Å². The van der Waals surface area contributed by atoms with Crippen molar-refractivity contribution in [1.29, 1.82) is 0 Å². The number of unbranched alkanes of at least 4 members (excludes halogenated alkanes) is 8. The Morgan fingerprint density at radius 3 is 1.28 bits per heavy atom. The fourth-order valence-corrected chi connectivity index (χ4v) is 13.1. The summed E-state index contributed by atoms with van der Waals surface area (Å²) in [6.07, 6.45) is 20.6. The first-order valence-electron chi connectivity index (χ1n) is 17.9. The average molecular weight is 829 g/mol. The smallest absolute Gasteiger partial charge is 0.147 e. The van der Waals surface area contributed by atoms with E-state index in [1.807, 2.05) is 45.3 Å². The van der Waals surface area contributed by atoms with E-state index in [4.69, 9.17) is 9.47 Å². The zero-order valence-electron chi connectivity index (χ0n) is 28.2. The topological polar surface area (TPSA) is 18.5 Å². The molecule has 2 nitrogen and oxygen atoms in total. The Morgan fingerprint density at radius 1 is 0.500 bits per heavy atom. The van der Waals surface area contributed by atoms with E-state index >= 15 is 0 Å². The fourth-order valence-electron chi connectivity index (χ4n) is 6.68. The molecule has 2 atom stereocenters. The van der Waals surface area contributed by atoms with Gasteiger partial charge in [-0.1, -0.05) is 105 Å². The third kappa shape index (κ3) is 9.04. The number of hydrogen-bond acceptors (Lipinski definition) is 6. The Bertz CT molecular complexity index is 1540.